The number of phenols is 2. The fraction of sp³-hybridized carbons (Fsp3) is 0.214. The van der Waals surface area contributed by atoms with E-state index in [1.165, 1.54) is 11.8 Å². The topological polar surface area (TPSA) is 56.6 Å². The lowest BCUT2D eigenvalue weighted by Crippen LogP contribution is -2.07. The Labute approximate surface area is 107 Å². The first-order chi connectivity index (χ1) is 8.49. The zero-order valence-corrected chi connectivity index (χ0v) is 10.8. The van der Waals surface area contributed by atoms with Gasteiger partial charge in [-0.3, -0.25) is 4.98 Å². The second kappa shape index (κ2) is 6.49. The van der Waals surface area contributed by atoms with Crippen LogP contribution in [0.25, 0.3) is 0 Å². The Morgan fingerprint density at radius 2 is 1.44 bits per heavy atom. The van der Waals surface area contributed by atoms with E-state index in [9.17, 15) is 0 Å². The van der Waals surface area contributed by atoms with Crippen molar-refractivity contribution >= 4 is 5.69 Å². The number of anilines is 1. The van der Waals surface area contributed by atoms with Crippen LogP contribution >= 0.6 is 0 Å². The molecule has 1 aromatic heterocycles. The van der Waals surface area contributed by atoms with Crippen LogP contribution < -0.4 is 4.90 Å². The van der Waals surface area contributed by atoms with Crippen LogP contribution in [-0.4, -0.2) is 29.3 Å². The molecule has 0 saturated heterocycles. The molecule has 0 radical (unpaired) electrons. The summed E-state index contributed by atoms with van der Waals surface area (Å²) in [5.41, 5.74) is 2.04. The average Bonchev–Trinajstić information content (AvgIpc) is 2.29. The molecule has 0 unspecified atom stereocenters. The van der Waals surface area contributed by atoms with E-state index in [0.717, 1.165) is 5.56 Å². The molecule has 0 atom stereocenters. The van der Waals surface area contributed by atoms with E-state index in [1.807, 2.05) is 31.1 Å². The number of hydrogen-bond donors (Lipinski definition) is 2. The Morgan fingerprint density at radius 1 is 0.944 bits per heavy atom. The van der Waals surface area contributed by atoms with Gasteiger partial charge in [0, 0.05) is 38.2 Å². The van der Waals surface area contributed by atoms with Crippen LogP contribution in [0, 0.1) is 6.92 Å². The first-order valence-electron chi connectivity index (χ1n) is 5.56. The van der Waals surface area contributed by atoms with E-state index in [1.54, 1.807) is 31.5 Å². The molecule has 4 heteroatoms. The van der Waals surface area contributed by atoms with E-state index in [4.69, 9.17) is 10.2 Å². The van der Waals surface area contributed by atoms with Gasteiger partial charge in [0.05, 0.1) is 0 Å². The number of aromatic nitrogens is 1. The molecule has 2 N–H and O–H groups in total. The molecule has 0 aliphatic carbocycles. The van der Waals surface area contributed by atoms with Crippen molar-refractivity contribution < 1.29 is 10.2 Å². The molecule has 0 aliphatic rings. The summed E-state index contributed by atoms with van der Waals surface area (Å²) in [6, 6.07) is 8.41. The van der Waals surface area contributed by atoms with Crippen LogP contribution in [0.2, 0.25) is 0 Å². The van der Waals surface area contributed by atoms with Crippen molar-refractivity contribution in [1.82, 2.24) is 4.98 Å². The molecular formula is C14H18N2O2. The predicted octanol–water partition coefficient (Wildman–Crippen LogP) is 2.55. The van der Waals surface area contributed by atoms with Crippen LogP contribution in [-0.2, 0) is 0 Å². The minimum absolute atomic E-state index is 0.104. The summed E-state index contributed by atoms with van der Waals surface area (Å²) in [4.78, 5) is 5.94. The number of rotatable bonds is 1. The van der Waals surface area contributed by atoms with Crippen molar-refractivity contribution in [3.63, 3.8) is 0 Å². The zero-order valence-electron chi connectivity index (χ0n) is 10.8. The maximum atomic E-state index is 8.83. The van der Waals surface area contributed by atoms with E-state index >= 15 is 0 Å². The van der Waals surface area contributed by atoms with E-state index in [0.29, 0.717) is 0 Å². The predicted molar refractivity (Wildman–Crippen MR) is 73.1 cm³/mol. The lowest BCUT2D eigenvalue weighted by molar-refractivity contribution is 0.450. The fourth-order valence-corrected chi connectivity index (χ4v) is 1.39. The highest BCUT2D eigenvalue weighted by atomic mass is 16.3. The Balaban J connectivity index is 0.000000180. The van der Waals surface area contributed by atoms with E-state index in [-0.39, 0.29) is 11.5 Å². The standard InChI is InChI=1S/C7H10N2.C7H8O2/c1-9(2)7-3-5-8-6-4-7;1-5-2-6(8)4-7(9)3-5/h3-6H,1-2H3;2-4,8-9H,1H3. The second-order valence-corrected chi connectivity index (χ2v) is 4.13. The molecule has 0 fully saturated rings. The number of benzene rings is 1. The van der Waals surface area contributed by atoms with Crippen molar-refractivity contribution in [3.8, 4) is 11.5 Å². The highest BCUT2D eigenvalue weighted by Gasteiger charge is 1.91. The molecule has 1 heterocycles. The molecule has 0 spiro atoms. The maximum absolute atomic E-state index is 8.83. The molecule has 0 amide bonds. The lowest BCUT2D eigenvalue weighted by atomic mass is 10.2. The van der Waals surface area contributed by atoms with Crippen molar-refractivity contribution in [2.75, 3.05) is 19.0 Å². The zero-order chi connectivity index (χ0) is 13.5. The van der Waals surface area contributed by atoms with E-state index < -0.39 is 0 Å². The van der Waals surface area contributed by atoms with Gasteiger partial charge in [-0.2, -0.15) is 0 Å². The Kier molecular flexibility index (Phi) is 4.99. The molecule has 0 bridgehead atoms. The van der Waals surface area contributed by atoms with Gasteiger partial charge in [0.2, 0.25) is 0 Å². The largest absolute Gasteiger partial charge is 0.508 e. The molecule has 18 heavy (non-hydrogen) atoms. The number of pyridine rings is 1. The minimum Gasteiger partial charge on any atom is -0.508 e. The highest BCUT2D eigenvalue weighted by molar-refractivity contribution is 5.42. The average molecular weight is 246 g/mol. The van der Waals surface area contributed by atoms with Gasteiger partial charge in [0.25, 0.3) is 0 Å². The van der Waals surface area contributed by atoms with Crippen LogP contribution in [0.5, 0.6) is 11.5 Å². The van der Waals surface area contributed by atoms with Gasteiger partial charge < -0.3 is 15.1 Å². The lowest BCUT2D eigenvalue weighted by Gasteiger charge is -2.10. The second-order valence-electron chi connectivity index (χ2n) is 4.13. The smallest absolute Gasteiger partial charge is 0.119 e. The van der Waals surface area contributed by atoms with Crippen LogP contribution in [0.4, 0.5) is 5.69 Å². The van der Waals surface area contributed by atoms with Gasteiger partial charge in [0.15, 0.2) is 0 Å². The van der Waals surface area contributed by atoms with Gasteiger partial charge in [0.1, 0.15) is 11.5 Å². The summed E-state index contributed by atoms with van der Waals surface area (Å²) in [6.45, 7) is 1.80. The number of nitrogens with zero attached hydrogens (tertiary/aromatic N) is 2. The van der Waals surface area contributed by atoms with Gasteiger partial charge in [-0.1, -0.05) is 0 Å². The summed E-state index contributed by atoms with van der Waals surface area (Å²) < 4.78 is 0. The van der Waals surface area contributed by atoms with Gasteiger partial charge >= 0.3 is 0 Å². The van der Waals surface area contributed by atoms with Gasteiger partial charge in [-0.15, -0.1) is 0 Å². The fourth-order valence-electron chi connectivity index (χ4n) is 1.39. The third kappa shape index (κ3) is 4.74. The molecule has 4 nitrogen and oxygen atoms in total. The van der Waals surface area contributed by atoms with Crippen LogP contribution in [0.3, 0.4) is 0 Å². The van der Waals surface area contributed by atoms with Crippen molar-refractivity contribution in [2.45, 2.75) is 6.92 Å². The monoisotopic (exact) mass is 246 g/mol. The van der Waals surface area contributed by atoms with Gasteiger partial charge in [-0.05, 0) is 36.8 Å². The first-order valence-corrected chi connectivity index (χ1v) is 5.56. The first kappa shape index (κ1) is 13.8. The summed E-state index contributed by atoms with van der Waals surface area (Å²) in [7, 11) is 4.02. The third-order valence-electron chi connectivity index (χ3n) is 2.23. The maximum Gasteiger partial charge on any atom is 0.119 e. The van der Waals surface area contributed by atoms with Crippen LogP contribution in [0.1, 0.15) is 5.56 Å². The van der Waals surface area contributed by atoms with Crippen molar-refractivity contribution in [1.29, 1.82) is 0 Å². The number of aromatic hydroxyl groups is 2. The molecule has 96 valence electrons. The summed E-state index contributed by atoms with van der Waals surface area (Å²) >= 11 is 0. The summed E-state index contributed by atoms with van der Waals surface area (Å²) in [5, 5.41) is 17.7. The number of phenolic OH excluding ortho intramolecular Hbond substituents is 2. The van der Waals surface area contributed by atoms with Crippen molar-refractivity contribution in [3.05, 3.63) is 48.3 Å². The SMILES string of the molecule is CN(C)c1ccncc1.Cc1cc(O)cc(O)c1. The molecule has 2 aromatic rings. The third-order valence-corrected chi connectivity index (χ3v) is 2.23. The molecule has 2 rings (SSSR count). The number of hydrogen-bond acceptors (Lipinski definition) is 4. The Bertz CT molecular complexity index is 434. The quantitative estimate of drug-likeness (QED) is 0.812. The molecule has 1 aromatic carbocycles. The summed E-state index contributed by atoms with van der Waals surface area (Å²) in [5.74, 6) is 0.208. The molecular weight excluding hydrogens is 228 g/mol. The van der Waals surface area contributed by atoms with Crippen molar-refractivity contribution in [2.24, 2.45) is 0 Å². The molecule has 0 saturated carbocycles. The van der Waals surface area contributed by atoms with Crippen LogP contribution in [0.15, 0.2) is 42.7 Å². The number of aryl methyl sites for hydroxylation is 1. The minimum atomic E-state index is 0.104. The summed E-state index contributed by atoms with van der Waals surface area (Å²) in [6.07, 6.45) is 3.57. The Morgan fingerprint density at radius 3 is 1.78 bits per heavy atom. The van der Waals surface area contributed by atoms with E-state index in [2.05, 4.69) is 4.98 Å². The Hall–Kier alpha value is -2.23. The van der Waals surface area contributed by atoms with Gasteiger partial charge in [-0.25, -0.2) is 0 Å². The normalized spacial score (nSPS) is 9.28. The highest BCUT2D eigenvalue weighted by Crippen LogP contribution is 2.18. The molecule has 0 aliphatic heterocycles.